The molecule has 3 rings (SSSR count). The minimum atomic E-state index is -0.804. The summed E-state index contributed by atoms with van der Waals surface area (Å²) in [6.45, 7) is 0.337. The van der Waals surface area contributed by atoms with Crippen molar-refractivity contribution < 1.29 is 38.0 Å². The molecule has 0 atom stereocenters. The second-order valence-corrected chi connectivity index (χ2v) is 7.55. The summed E-state index contributed by atoms with van der Waals surface area (Å²) in [5.41, 5.74) is 1.90. The maximum atomic E-state index is 12.9. The van der Waals surface area contributed by atoms with Crippen LogP contribution >= 0.6 is 0 Å². The van der Waals surface area contributed by atoms with Crippen LogP contribution in [-0.4, -0.2) is 59.5 Å². The monoisotopic (exact) mass is 483 g/mol. The molecule has 186 valence electrons. The Bertz CT molecular complexity index is 1120. The van der Waals surface area contributed by atoms with E-state index >= 15 is 0 Å². The first-order valence-corrected chi connectivity index (χ1v) is 10.7. The summed E-state index contributed by atoms with van der Waals surface area (Å²) in [6, 6.07) is 10.7. The number of carbonyl (C=O) groups excluding carboxylic acids is 2. The highest BCUT2D eigenvalue weighted by atomic mass is 16.5. The van der Waals surface area contributed by atoms with Crippen LogP contribution in [0.2, 0.25) is 0 Å². The van der Waals surface area contributed by atoms with Gasteiger partial charge in [0.15, 0.2) is 11.5 Å². The van der Waals surface area contributed by atoms with E-state index in [1.807, 2.05) is 12.1 Å². The van der Waals surface area contributed by atoms with Crippen molar-refractivity contribution in [1.29, 1.82) is 0 Å². The Balaban J connectivity index is 2.13. The largest absolute Gasteiger partial charge is 0.497 e. The van der Waals surface area contributed by atoms with Crippen LogP contribution in [0.3, 0.4) is 0 Å². The number of esters is 2. The van der Waals surface area contributed by atoms with Gasteiger partial charge < -0.3 is 33.3 Å². The molecule has 1 aliphatic heterocycles. The number of hydrogen-bond donors (Lipinski definition) is 0. The van der Waals surface area contributed by atoms with Crippen molar-refractivity contribution in [2.45, 2.75) is 12.5 Å². The minimum absolute atomic E-state index is 0.238. The maximum absolute atomic E-state index is 12.9. The molecule has 0 aromatic heterocycles. The van der Waals surface area contributed by atoms with Crippen LogP contribution in [0.5, 0.6) is 23.0 Å². The Kier molecular flexibility index (Phi) is 8.25. The molecule has 2 aromatic carbocycles. The minimum Gasteiger partial charge on any atom is -0.497 e. The zero-order valence-corrected chi connectivity index (χ0v) is 20.6. The van der Waals surface area contributed by atoms with Crippen LogP contribution in [0.1, 0.15) is 17.0 Å². The normalized spacial score (nSPS) is 13.4. The van der Waals surface area contributed by atoms with Gasteiger partial charge in [-0.05, 0) is 35.9 Å². The number of hydrogen-bond acceptors (Lipinski definition) is 9. The second-order valence-electron chi connectivity index (χ2n) is 7.55. The zero-order valence-electron chi connectivity index (χ0n) is 20.6. The Morgan fingerprint density at radius 2 is 1.29 bits per heavy atom. The molecule has 9 heteroatoms. The molecule has 35 heavy (non-hydrogen) atoms. The number of benzene rings is 2. The Morgan fingerprint density at radius 1 is 0.714 bits per heavy atom. The predicted molar refractivity (Wildman–Crippen MR) is 128 cm³/mol. The highest BCUT2D eigenvalue weighted by molar-refractivity contribution is 5.98. The summed E-state index contributed by atoms with van der Waals surface area (Å²) >= 11 is 0. The SMILES string of the molecule is COC(=O)C1=CN(Cc2ccc(OC)c(OC)c2)C=C(C(=O)OC)C1c1cc(OC)ccc1OC. The van der Waals surface area contributed by atoms with Crippen LogP contribution in [0.15, 0.2) is 59.9 Å². The van der Waals surface area contributed by atoms with Gasteiger partial charge in [-0.25, -0.2) is 9.59 Å². The average molecular weight is 484 g/mol. The molecule has 0 N–H and O–H groups in total. The van der Waals surface area contributed by atoms with Crippen molar-refractivity contribution in [2.24, 2.45) is 0 Å². The lowest BCUT2D eigenvalue weighted by Crippen LogP contribution is -2.29. The van der Waals surface area contributed by atoms with Crippen LogP contribution in [-0.2, 0) is 25.6 Å². The van der Waals surface area contributed by atoms with Crippen molar-refractivity contribution in [3.63, 3.8) is 0 Å². The van der Waals surface area contributed by atoms with E-state index in [4.69, 9.17) is 28.4 Å². The Labute approximate surface area is 204 Å². The van der Waals surface area contributed by atoms with Gasteiger partial charge in [0.25, 0.3) is 0 Å². The van der Waals surface area contributed by atoms with Crippen molar-refractivity contribution in [3.05, 3.63) is 71.1 Å². The number of rotatable bonds is 9. The van der Waals surface area contributed by atoms with Gasteiger partial charge in [0, 0.05) is 24.5 Å². The summed E-state index contributed by atoms with van der Waals surface area (Å²) in [7, 11) is 8.74. The van der Waals surface area contributed by atoms with E-state index in [-0.39, 0.29) is 11.1 Å². The van der Waals surface area contributed by atoms with Crippen molar-refractivity contribution >= 4 is 11.9 Å². The molecule has 0 unspecified atom stereocenters. The molecule has 0 fully saturated rings. The summed E-state index contributed by atoms with van der Waals surface area (Å²) < 4.78 is 31.8. The molecule has 2 aromatic rings. The third-order valence-corrected chi connectivity index (χ3v) is 5.63. The molecule has 0 saturated carbocycles. The number of ether oxygens (including phenoxy) is 6. The van der Waals surface area contributed by atoms with Gasteiger partial charge in [-0.2, -0.15) is 0 Å². The zero-order chi connectivity index (χ0) is 25.5. The summed E-state index contributed by atoms with van der Waals surface area (Å²) in [4.78, 5) is 27.6. The van der Waals surface area contributed by atoms with Gasteiger partial charge in [0.05, 0.1) is 59.7 Å². The molecule has 9 nitrogen and oxygen atoms in total. The van der Waals surface area contributed by atoms with Gasteiger partial charge in [-0.15, -0.1) is 0 Å². The van der Waals surface area contributed by atoms with Gasteiger partial charge in [-0.1, -0.05) is 6.07 Å². The van der Waals surface area contributed by atoms with E-state index in [2.05, 4.69) is 0 Å². The summed E-state index contributed by atoms with van der Waals surface area (Å²) in [5, 5.41) is 0. The Hall–Kier alpha value is -4.14. The fourth-order valence-electron chi connectivity index (χ4n) is 3.97. The number of carbonyl (C=O) groups is 2. The quantitative estimate of drug-likeness (QED) is 0.497. The molecular formula is C26H29NO8. The smallest absolute Gasteiger partial charge is 0.336 e. The molecule has 1 heterocycles. The van der Waals surface area contributed by atoms with Crippen LogP contribution in [0.25, 0.3) is 0 Å². The molecular weight excluding hydrogens is 454 g/mol. The van der Waals surface area contributed by atoms with Gasteiger partial charge in [0.2, 0.25) is 0 Å². The van der Waals surface area contributed by atoms with E-state index in [0.29, 0.717) is 35.1 Å². The van der Waals surface area contributed by atoms with E-state index in [1.165, 1.54) is 28.4 Å². The number of methoxy groups -OCH3 is 6. The Morgan fingerprint density at radius 3 is 1.80 bits per heavy atom. The lowest BCUT2D eigenvalue weighted by molar-refractivity contribution is -0.137. The molecule has 0 spiro atoms. The third-order valence-electron chi connectivity index (χ3n) is 5.63. The van der Waals surface area contributed by atoms with E-state index in [9.17, 15) is 9.59 Å². The average Bonchev–Trinajstić information content (AvgIpc) is 2.91. The second kappa shape index (κ2) is 11.3. The topological polar surface area (TPSA) is 92.8 Å². The lowest BCUT2D eigenvalue weighted by Gasteiger charge is -2.31. The van der Waals surface area contributed by atoms with Gasteiger partial charge >= 0.3 is 11.9 Å². The molecule has 0 radical (unpaired) electrons. The van der Waals surface area contributed by atoms with Crippen LogP contribution in [0, 0.1) is 0 Å². The lowest BCUT2D eigenvalue weighted by atomic mass is 9.82. The molecule has 0 saturated heterocycles. The van der Waals surface area contributed by atoms with E-state index in [0.717, 1.165) is 5.56 Å². The van der Waals surface area contributed by atoms with E-state index in [1.54, 1.807) is 55.8 Å². The highest BCUT2D eigenvalue weighted by Gasteiger charge is 2.37. The van der Waals surface area contributed by atoms with Crippen molar-refractivity contribution in [2.75, 3.05) is 42.7 Å². The highest BCUT2D eigenvalue weighted by Crippen LogP contribution is 2.42. The molecule has 0 bridgehead atoms. The van der Waals surface area contributed by atoms with Crippen molar-refractivity contribution in [1.82, 2.24) is 4.90 Å². The standard InChI is InChI=1S/C26H29NO8/c1-30-17-8-10-21(31-2)18(12-17)24-19(25(28)34-5)14-27(15-20(24)26(29)35-6)13-16-7-9-22(32-3)23(11-16)33-4/h7-12,14-15,24H,13H2,1-6H3. The van der Waals surface area contributed by atoms with Gasteiger partial charge in [0.1, 0.15) is 11.5 Å². The first kappa shape index (κ1) is 25.5. The van der Waals surface area contributed by atoms with Crippen LogP contribution in [0.4, 0.5) is 0 Å². The molecule has 0 amide bonds. The molecule has 0 aliphatic carbocycles. The van der Waals surface area contributed by atoms with Crippen LogP contribution < -0.4 is 18.9 Å². The van der Waals surface area contributed by atoms with Gasteiger partial charge in [-0.3, -0.25) is 0 Å². The number of nitrogens with zero attached hydrogens (tertiary/aromatic N) is 1. The fraction of sp³-hybridized carbons (Fsp3) is 0.308. The molecule has 1 aliphatic rings. The van der Waals surface area contributed by atoms with Crippen molar-refractivity contribution in [3.8, 4) is 23.0 Å². The first-order chi connectivity index (χ1) is 16.9. The third kappa shape index (κ3) is 5.34. The maximum Gasteiger partial charge on any atom is 0.336 e. The first-order valence-electron chi connectivity index (χ1n) is 10.7. The fourth-order valence-corrected chi connectivity index (χ4v) is 3.97. The summed E-state index contributed by atoms with van der Waals surface area (Å²) in [5.74, 6) is 0.197. The van der Waals surface area contributed by atoms with E-state index < -0.39 is 17.9 Å². The predicted octanol–water partition coefficient (Wildman–Crippen LogP) is 3.43. The summed E-state index contributed by atoms with van der Waals surface area (Å²) in [6.07, 6.45) is 3.30.